The molecule has 1 N–H and O–H groups in total. The molecule has 4 rings (SSSR count). The van der Waals surface area contributed by atoms with Crippen LogP contribution in [0, 0.1) is 0 Å². The van der Waals surface area contributed by atoms with Crippen LogP contribution in [0.25, 0.3) is 0 Å². The smallest absolute Gasteiger partial charge is 0.228 e. The first-order chi connectivity index (χ1) is 13.7. The van der Waals surface area contributed by atoms with Crippen LogP contribution >= 0.6 is 11.3 Å². The van der Waals surface area contributed by atoms with Crippen LogP contribution in [0.5, 0.6) is 0 Å². The number of carbonyl (C=O) groups excluding carboxylic acids is 2. The van der Waals surface area contributed by atoms with Gasteiger partial charge in [-0.15, -0.1) is 11.3 Å². The summed E-state index contributed by atoms with van der Waals surface area (Å²) in [5.41, 5.74) is 2.08. The highest BCUT2D eigenvalue weighted by Crippen LogP contribution is 2.25. The van der Waals surface area contributed by atoms with E-state index in [2.05, 4.69) is 39.5 Å². The molecule has 2 aliphatic rings. The number of carbonyl (C=O) groups is 2. The summed E-state index contributed by atoms with van der Waals surface area (Å²) in [5, 5.41) is 5.77. The van der Waals surface area contributed by atoms with Gasteiger partial charge in [0.15, 0.2) is 5.13 Å². The quantitative estimate of drug-likeness (QED) is 0.812. The van der Waals surface area contributed by atoms with Crippen LogP contribution in [0.2, 0.25) is 0 Å². The van der Waals surface area contributed by atoms with Gasteiger partial charge in [-0.05, 0) is 24.8 Å². The maximum atomic E-state index is 12.4. The van der Waals surface area contributed by atoms with E-state index < -0.39 is 0 Å². The van der Waals surface area contributed by atoms with Crippen LogP contribution < -0.4 is 10.2 Å². The predicted molar refractivity (Wildman–Crippen MR) is 110 cm³/mol. The summed E-state index contributed by atoms with van der Waals surface area (Å²) in [6.07, 6.45) is 3.71. The van der Waals surface area contributed by atoms with Gasteiger partial charge >= 0.3 is 0 Å². The van der Waals surface area contributed by atoms with Crippen molar-refractivity contribution in [3.05, 3.63) is 47.0 Å². The second kappa shape index (κ2) is 8.84. The van der Waals surface area contributed by atoms with Crippen molar-refractivity contribution in [3.63, 3.8) is 0 Å². The number of hydrogen-bond acceptors (Lipinski definition) is 5. The first kappa shape index (κ1) is 19.1. The Morgan fingerprint density at radius 1 is 1.18 bits per heavy atom. The largest absolute Gasteiger partial charge is 0.353 e. The van der Waals surface area contributed by atoms with Crippen molar-refractivity contribution >= 4 is 28.3 Å². The van der Waals surface area contributed by atoms with E-state index in [9.17, 15) is 9.59 Å². The number of thiazole rings is 1. The van der Waals surface area contributed by atoms with Gasteiger partial charge in [0.1, 0.15) is 0 Å². The molecule has 0 atom stereocenters. The molecule has 1 aromatic carbocycles. The monoisotopic (exact) mass is 398 g/mol. The Kier molecular flexibility index (Phi) is 6.02. The molecule has 28 heavy (non-hydrogen) atoms. The lowest BCUT2D eigenvalue weighted by Crippen LogP contribution is -2.44. The molecule has 2 saturated heterocycles. The molecule has 7 heteroatoms. The highest BCUT2D eigenvalue weighted by atomic mass is 32.1. The van der Waals surface area contributed by atoms with E-state index >= 15 is 0 Å². The Hall–Kier alpha value is -2.25. The molecule has 2 aromatic rings. The number of piperidine rings is 1. The lowest BCUT2D eigenvalue weighted by molar-refractivity contribution is -0.121. The Morgan fingerprint density at radius 2 is 1.96 bits per heavy atom. The van der Waals surface area contributed by atoms with Crippen molar-refractivity contribution in [1.29, 1.82) is 0 Å². The minimum absolute atomic E-state index is 0.0195. The van der Waals surface area contributed by atoms with E-state index in [0.717, 1.165) is 56.3 Å². The SMILES string of the molecule is O=C(Cc1csc(N2CCCC2=O)n1)NC1CCN(Cc2ccccc2)CC1. The summed E-state index contributed by atoms with van der Waals surface area (Å²) in [5.74, 6) is 0.152. The van der Waals surface area contributed by atoms with Crippen molar-refractivity contribution in [2.24, 2.45) is 0 Å². The summed E-state index contributed by atoms with van der Waals surface area (Å²) in [6, 6.07) is 10.7. The Labute approximate surface area is 169 Å². The van der Waals surface area contributed by atoms with E-state index in [0.29, 0.717) is 6.42 Å². The highest BCUT2D eigenvalue weighted by Gasteiger charge is 2.25. The molecule has 0 unspecified atom stereocenters. The lowest BCUT2D eigenvalue weighted by Gasteiger charge is -2.32. The van der Waals surface area contributed by atoms with Gasteiger partial charge < -0.3 is 5.32 Å². The van der Waals surface area contributed by atoms with Gasteiger partial charge in [-0.25, -0.2) is 4.98 Å². The van der Waals surface area contributed by atoms with E-state index in [1.54, 1.807) is 4.90 Å². The minimum Gasteiger partial charge on any atom is -0.353 e. The summed E-state index contributed by atoms with van der Waals surface area (Å²) in [6.45, 7) is 3.70. The predicted octanol–water partition coefficient (Wildman–Crippen LogP) is 2.59. The average molecular weight is 399 g/mol. The fourth-order valence-electron chi connectivity index (χ4n) is 3.87. The van der Waals surface area contributed by atoms with Crippen LogP contribution in [-0.2, 0) is 22.6 Å². The first-order valence-electron chi connectivity index (χ1n) is 9.98. The second-order valence-corrected chi connectivity index (χ2v) is 8.39. The van der Waals surface area contributed by atoms with Crippen molar-refractivity contribution in [2.75, 3.05) is 24.5 Å². The average Bonchev–Trinajstić information content (AvgIpc) is 3.33. The molecule has 148 valence electrons. The molecule has 3 heterocycles. The lowest BCUT2D eigenvalue weighted by atomic mass is 10.0. The summed E-state index contributed by atoms with van der Waals surface area (Å²) in [7, 11) is 0. The van der Waals surface area contributed by atoms with Gasteiger partial charge in [0.2, 0.25) is 11.8 Å². The molecule has 1 aromatic heterocycles. The third-order valence-corrected chi connectivity index (χ3v) is 6.30. The second-order valence-electron chi connectivity index (χ2n) is 7.55. The molecule has 2 amide bonds. The van der Waals surface area contributed by atoms with E-state index in [4.69, 9.17) is 0 Å². The molecular weight excluding hydrogens is 372 g/mol. The number of nitrogens with one attached hydrogen (secondary N) is 1. The molecular formula is C21H26N4O2S. The number of hydrogen-bond donors (Lipinski definition) is 1. The minimum atomic E-state index is 0.0195. The zero-order valence-corrected chi connectivity index (χ0v) is 16.8. The standard InChI is InChI=1S/C21H26N4O2S/c26-19(13-18-15-28-21(23-18)25-10-4-7-20(25)27)22-17-8-11-24(12-9-17)14-16-5-2-1-3-6-16/h1-3,5-6,15,17H,4,7-14H2,(H,22,26). The summed E-state index contributed by atoms with van der Waals surface area (Å²) >= 11 is 1.45. The molecule has 0 spiro atoms. The fraction of sp³-hybridized carbons (Fsp3) is 0.476. The van der Waals surface area contributed by atoms with Gasteiger partial charge in [0, 0.05) is 44.0 Å². The molecule has 0 aliphatic carbocycles. The molecule has 6 nitrogen and oxygen atoms in total. The highest BCUT2D eigenvalue weighted by molar-refractivity contribution is 7.14. The number of anilines is 1. The van der Waals surface area contributed by atoms with Gasteiger partial charge in [-0.1, -0.05) is 30.3 Å². The molecule has 0 saturated carbocycles. The topological polar surface area (TPSA) is 65.5 Å². The number of likely N-dealkylation sites (tertiary alicyclic amines) is 1. The number of rotatable bonds is 6. The van der Waals surface area contributed by atoms with E-state index in [1.807, 2.05) is 11.4 Å². The number of aromatic nitrogens is 1. The van der Waals surface area contributed by atoms with Crippen molar-refractivity contribution in [3.8, 4) is 0 Å². The Bertz CT molecular complexity index is 815. The van der Waals surface area contributed by atoms with Crippen LogP contribution in [0.15, 0.2) is 35.7 Å². The number of amides is 2. The number of benzene rings is 1. The molecule has 2 aliphatic heterocycles. The maximum absolute atomic E-state index is 12.4. The van der Waals surface area contributed by atoms with Crippen LogP contribution in [0.4, 0.5) is 5.13 Å². The van der Waals surface area contributed by atoms with E-state index in [-0.39, 0.29) is 24.3 Å². The Balaban J connectivity index is 1.22. The van der Waals surface area contributed by atoms with Gasteiger partial charge in [-0.3, -0.25) is 19.4 Å². The molecule has 2 fully saturated rings. The van der Waals surface area contributed by atoms with Crippen LogP contribution in [-0.4, -0.2) is 47.4 Å². The first-order valence-corrected chi connectivity index (χ1v) is 10.9. The van der Waals surface area contributed by atoms with Crippen molar-refractivity contribution in [1.82, 2.24) is 15.2 Å². The molecule has 0 bridgehead atoms. The Morgan fingerprint density at radius 3 is 2.68 bits per heavy atom. The van der Waals surface area contributed by atoms with Gasteiger partial charge in [0.25, 0.3) is 0 Å². The van der Waals surface area contributed by atoms with Crippen molar-refractivity contribution in [2.45, 2.75) is 44.7 Å². The number of nitrogens with zero attached hydrogens (tertiary/aromatic N) is 3. The summed E-state index contributed by atoms with van der Waals surface area (Å²) in [4.78, 5) is 32.9. The molecule has 0 radical (unpaired) electrons. The maximum Gasteiger partial charge on any atom is 0.228 e. The fourth-order valence-corrected chi connectivity index (χ4v) is 4.74. The third kappa shape index (κ3) is 4.77. The zero-order chi connectivity index (χ0) is 19.3. The van der Waals surface area contributed by atoms with E-state index in [1.165, 1.54) is 16.9 Å². The van der Waals surface area contributed by atoms with Crippen LogP contribution in [0.3, 0.4) is 0 Å². The third-order valence-electron chi connectivity index (χ3n) is 5.39. The van der Waals surface area contributed by atoms with Gasteiger partial charge in [-0.2, -0.15) is 0 Å². The normalized spacial score (nSPS) is 18.6. The summed E-state index contributed by atoms with van der Waals surface area (Å²) < 4.78 is 0. The van der Waals surface area contributed by atoms with Gasteiger partial charge in [0.05, 0.1) is 12.1 Å². The van der Waals surface area contributed by atoms with Crippen molar-refractivity contribution < 1.29 is 9.59 Å². The zero-order valence-electron chi connectivity index (χ0n) is 16.0. The van der Waals surface area contributed by atoms with Crippen LogP contribution in [0.1, 0.15) is 36.9 Å².